The molecule has 1 aromatic heterocycles. The molecule has 0 bridgehead atoms. The number of allylic oxidation sites excluding steroid dienone is 3. The molecule has 4 aromatic rings. The monoisotopic (exact) mass is 503 g/mol. The van der Waals surface area contributed by atoms with Crippen molar-refractivity contribution >= 4 is 23.9 Å². The van der Waals surface area contributed by atoms with E-state index in [9.17, 15) is 0 Å². The fourth-order valence-corrected chi connectivity index (χ4v) is 6.21. The molecular weight excluding hydrogens is 474 g/mol. The van der Waals surface area contributed by atoms with Crippen molar-refractivity contribution in [1.82, 2.24) is 10.4 Å². The molecule has 0 radical (unpaired) electrons. The van der Waals surface area contributed by atoms with Crippen LogP contribution >= 0.6 is 0 Å². The summed E-state index contributed by atoms with van der Waals surface area (Å²) in [6, 6.07) is 26.7. The first-order chi connectivity index (χ1) is 19.3. The number of para-hydroxylation sites is 1. The fraction of sp³-hybridized carbons (Fsp3) is 0.139. The first-order valence-corrected chi connectivity index (χ1v) is 14.0. The van der Waals surface area contributed by atoms with Crippen molar-refractivity contribution in [3.63, 3.8) is 0 Å². The van der Waals surface area contributed by atoms with Gasteiger partial charge in [-0.15, -0.1) is 0 Å². The summed E-state index contributed by atoms with van der Waals surface area (Å²) in [6.45, 7) is 0. The number of hydrazine groups is 1. The van der Waals surface area contributed by atoms with Gasteiger partial charge in [-0.05, 0) is 107 Å². The SMILES string of the molecule is C1=Cc2cc(-c3cc(-c4ccc5c(c4)C=CCC5)nc(C4C=C5C=Cc6ccccc6N5N4)c3)ccc2CC1. The lowest BCUT2D eigenvalue weighted by Gasteiger charge is -2.27. The number of hydrogen-bond acceptors (Lipinski definition) is 3. The van der Waals surface area contributed by atoms with Crippen LogP contribution in [0.1, 0.15) is 52.4 Å². The molecule has 0 spiro atoms. The zero-order valence-corrected chi connectivity index (χ0v) is 21.8. The Morgan fingerprint density at radius 1 is 0.667 bits per heavy atom. The molecule has 3 heterocycles. The normalized spacial score (nSPS) is 18.3. The molecule has 1 N–H and O–H groups in total. The van der Waals surface area contributed by atoms with Crippen LogP contribution in [0.5, 0.6) is 0 Å². The van der Waals surface area contributed by atoms with E-state index in [1.54, 1.807) is 0 Å². The Morgan fingerprint density at radius 2 is 1.41 bits per heavy atom. The van der Waals surface area contributed by atoms with Crippen LogP contribution in [-0.4, -0.2) is 4.98 Å². The summed E-state index contributed by atoms with van der Waals surface area (Å²) >= 11 is 0. The van der Waals surface area contributed by atoms with E-state index in [1.807, 2.05) is 0 Å². The second kappa shape index (κ2) is 9.07. The fourth-order valence-electron chi connectivity index (χ4n) is 6.21. The molecule has 1 unspecified atom stereocenters. The first-order valence-electron chi connectivity index (χ1n) is 14.0. The van der Waals surface area contributed by atoms with Gasteiger partial charge >= 0.3 is 0 Å². The minimum atomic E-state index is -0.0236. The second-order valence-electron chi connectivity index (χ2n) is 10.8. The van der Waals surface area contributed by atoms with Crippen LogP contribution in [0.3, 0.4) is 0 Å². The standard InChI is InChI=1S/C36H29N3/c1-3-10-27-19-29(15-13-24(27)7-1)31-21-33(30-16-14-25-8-2-4-11-28(25)20-30)37-34(22-31)35-23-32-18-17-26-9-5-6-12-36(26)39(32)38-35/h3-6,9-23,35,38H,1-2,7-8H2. The van der Waals surface area contributed by atoms with Crippen LogP contribution in [0.4, 0.5) is 5.69 Å². The van der Waals surface area contributed by atoms with Gasteiger partial charge < -0.3 is 0 Å². The largest absolute Gasteiger partial charge is 0.276 e. The number of pyridine rings is 1. The number of fused-ring (bicyclic) bond motifs is 5. The predicted octanol–water partition coefficient (Wildman–Crippen LogP) is 8.31. The highest BCUT2D eigenvalue weighted by atomic mass is 15.5. The Bertz CT molecular complexity index is 1670. The lowest BCUT2D eigenvalue weighted by Crippen LogP contribution is -2.34. The number of aromatic nitrogens is 1. The van der Waals surface area contributed by atoms with E-state index in [2.05, 4.69) is 126 Å². The Balaban J connectivity index is 1.24. The minimum Gasteiger partial charge on any atom is -0.276 e. The van der Waals surface area contributed by atoms with Crippen molar-refractivity contribution in [2.24, 2.45) is 0 Å². The van der Waals surface area contributed by atoms with E-state index in [-0.39, 0.29) is 6.04 Å². The van der Waals surface area contributed by atoms with E-state index in [0.717, 1.165) is 48.3 Å². The molecule has 39 heavy (non-hydrogen) atoms. The van der Waals surface area contributed by atoms with Crippen LogP contribution in [0, 0.1) is 0 Å². The summed E-state index contributed by atoms with van der Waals surface area (Å²) < 4.78 is 0. The topological polar surface area (TPSA) is 28.2 Å². The minimum absolute atomic E-state index is 0.0236. The van der Waals surface area contributed by atoms with Gasteiger partial charge in [-0.3, -0.25) is 9.99 Å². The number of nitrogens with zero attached hydrogens (tertiary/aromatic N) is 2. The summed E-state index contributed by atoms with van der Waals surface area (Å²) in [7, 11) is 0. The van der Waals surface area contributed by atoms with Gasteiger partial charge in [-0.25, -0.2) is 5.43 Å². The molecular formula is C36H29N3. The Hall–Kier alpha value is -4.47. The third-order valence-electron chi connectivity index (χ3n) is 8.32. The summed E-state index contributed by atoms with van der Waals surface area (Å²) in [5.74, 6) is 0. The third kappa shape index (κ3) is 3.98. The quantitative estimate of drug-likeness (QED) is 0.305. The molecule has 1 atom stereocenters. The van der Waals surface area contributed by atoms with Crippen molar-refractivity contribution < 1.29 is 0 Å². The van der Waals surface area contributed by atoms with Crippen LogP contribution in [0.2, 0.25) is 0 Å². The summed E-state index contributed by atoms with van der Waals surface area (Å²) in [4.78, 5) is 5.27. The summed E-state index contributed by atoms with van der Waals surface area (Å²) in [6.07, 6.45) is 20.2. The number of aryl methyl sites for hydroxylation is 2. The molecule has 3 aromatic carbocycles. The van der Waals surface area contributed by atoms with Crippen LogP contribution < -0.4 is 10.4 Å². The van der Waals surface area contributed by atoms with E-state index in [4.69, 9.17) is 4.98 Å². The average Bonchev–Trinajstić information content (AvgIpc) is 3.46. The zero-order chi connectivity index (χ0) is 25.8. The molecule has 8 rings (SSSR count). The molecule has 0 fully saturated rings. The lowest BCUT2D eigenvalue weighted by molar-refractivity contribution is 0.650. The second-order valence-corrected chi connectivity index (χ2v) is 10.8. The van der Waals surface area contributed by atoms with Crippen molar-refractivity contribution in [3.05, 3.63) is 136 Å². The van der Waals surface area contributed by atoms with Crippen molar-refractivity contribution in [1.29, 1.82) is 0 Å². The van der Waals surface area contributed by atoms with Crippen LogP contribution in [-0.2, 0) is 12.8 Å². The number of benzene rings is 3. The molecule has 4 aliphatic rings. The number of rotatable bonds is 3. The maximum atomic E-state index is 5.27. The average molecular weight is 504 g/mol. The van der Waals surface area contributed by atoms with Crippen LogP contribution in [0.25, 0.3) is 40.6 Å². The predicted molar refractivity (Wildman–Crippen MR) is 162 cm³/mol. The van der Waals surface area contributed by atoms with Gasteiger partial charge in [0, 0.05) is 5.56 Å². The van der Waals surface area contributed by atoms with E-state index in [1.165, 1.54) is 44.6 Å². The van der Waals surface area contributed by atoms with Crippen molar-refractivity contribution in [3.8, 4) is 22.4 Å². The van der Waals surface area contributed by atoms with E-state index >= 15 is 0 Å². The molecule has 188 valence electrons. The Labute approximate surface area is 229 Å². The lowest BCUT2D eigenvalue weighted by atomic mass is 9.91. The van der Waals surface area contributed by atoms with Gasteiger partial charge in [0.15, 0.2) is 0 Å². The number of anilines is 1. The first kappa shape index (κ1) is 22.5. The maximum absolute atomic E-state index is 5.27. The van der Waals surface area contributed by atoms with E-state index < -0.39 is 0 Å². The molecule has 3 nitrogen and oxygen atoms in total. The van der Waals surface area contributed by atoms with Gasteiger partial charge in [-0.1, -0.05) is 72.8 Å². The van der Waals surface area contributed by atoms with E-state index in [0.29, 0.717) is 0 Å². The van der Waals surface area contributed by atoms with Gasteiger partial charge in [-0.2, -0.15) is 0 Å². The molecule has 3 heteroatoms. The molecule has 0 saturated carbocycles. The van der Waals surface area contributed by atoms with Crippen molar-refractivity contribution in [2.75, 3.05) is 5.01 Å². The van der Waals surface area contributed by atoms with Crippen molar-refractivity contribution in [2.45, 2.75) is 31.7 Å². The van der Waals surface area contributed by atoms with Gasteiger partial charge in [0.2, 0.25) is 0 Å². The zero-order valence-electron chi connectivity index (χ0n) is 21.8. The highest BCUT2D eigenvalue weighted by Crippen LogP contribution is 2.38. The number of hydrogen-bond donors (Lipinski definition) is 1. The maximum Gasteiger partial charge on any atom is 0.0892 e. The smallest absolute Gasteiger partial charge is 0.0892 e. The summed E-state index contributed by atoms with van der Waals surface area (Å²) in [5, 5.41) is 2.20. The number of nitrogens with one attached hydrogen (secondary N) is 1. The third-order valence-corrected chi connectivity index (χ3v) is 8.32. The highest BCUT2D eigenvalue weighted by Gasteiger charge is 2.28. The van der Waals surface area contributed by atoms with Gasteiger partial charge in [0.25, 0.3) is 0 Å². The molecule has 0 saturated heterocycles. The molecule has 2 aliphatic heterocycles. The Morgan fingerprint density at radius 3 is 2.23 bits per heavy atom. The van der Waals surface area contributed by atoms with Gasteiger partial charge in [0.05, 0.1) is 28.8 Å². The summed E-state index contributed by atoms with van der Waals surface area (Å²) in [5.41, 5.74) is 18.4. The van der Waals surface area contributed by atoms with Crippen LogP contribution in [0.15, 0.2) is 103 Å². The van der Waals surface area contributed by atoms with Gasteiger partial charge in [0.1, 0.15) is 0 Å². The molecule has 2 aliphatic carbocycles. The molecule has 0 amide bonds. The highest BCUT2D eigenvalue weighted by molar-refractivity contribution is 5.78. The Kier molecular flexibility index (Phi) is 5.24.